The standard InChI is InChI=1S/C51H34O/c1-51(2)44-30-35(25-26-37(44)42-27-28-46-49(50(42)51)43-17-9-10-18-45(43)52-46)32-19-22-33(23-20-32)47-38-13-5-7-15-40(38)48(41-16-8-6-14-39(41)47)36-24-21-31-11-3-4-12-34(31)29-36/h3-30H,1-2H3. The Morgan fingerprint density at radius 1 is 0.385 bits per heavy atom. The Bertz CT molecular complexity index is 3030. The summed E-state index contributed by atoms with van der Waals surface area (Å²) in [7, 11) is 0. The normalized spacial score (nSPS) is 13.3. The number of furan rings is 1. The van der Waals surface area contributed by atoms with Crippen LogP contribution < -0.4 is 0 Å². The first-order chi connectivity index (χ1) is 25.5. The van der Waals surface area contributed by atoms with E-state index in [0.717, 1.165) is 11.2 Å². The van der Waals surface area contributed by atoms with Crippen LogP contribution in [0, 0.1) is 0 Å². The summed E-state index contributed by atoms with van der Waals surface area (Å²) in [5.41, 5.74) is 14.6. The second kappa shape index (κ2) is 10.8. The summed E-state index contributed by atoms with van der Waals surface area (Å²) in [5, 5.41) is 10.0. The molecule has 0 atom stereocenters. The lowest BCUT2D eigenvalue weighted by Crippen LogP contribution is -2.15. The maximum absolute atomic E-state index is 6.31. The summed E-state index contributed by atoms with van der Waals surface area (Å²) >= 11 is 0. The van der Waals surface area contributed by atoms with Crippen LogP contribution in [0.25, 0.3) is 98.8 Å². The second-order valence-electron chi connectivity index (χ2n) is 14.8. The summed E-state index contributed by atoms with van der Waals surface area (Å²) in [6.45, 7) is 4.73. The summed E-state index contributed by atoms with van der Waals surface area (Å²) < 4.78 is 6.31. The van der Waals surface area contributed by atoms with Crippen molar-refractivity contribution in [1.29, 1.82) is 0 Å². The van der Waals surface area contributed by atoms with Gasteiger partial charge in [0.2, 0.25) is 0 Å². The molecule has 11 rings (SSSR count). The maximum Gasteiger partial charge on any atom is 0.135 e. The predicted octanol–water partition coefficient (Wildman–Crippen LogP) is 14.4. The third-order valence-electron chi connectivity index (χ3n) is 11.6. The minimum Gasteiger partial charge on any atom is -0.456 e. The van der Waals surface area contributed by atoms with Gasteiger partial charge in [-0.1, -0.05) is 159 Å². The Balaban J connectivity index is 1.03. The first-order valence-electron chi connectivity index (χ1n) is 18.2. The highest BCUT2D eigenvalue weighted by molar-refractivity contribution is 6.21. The SMILES string of the molecule is CC1(C)c2cc(-c3ccc(-c4c5ccccc5c(-c5ccc6ccccc6c5)c5ccccc45)cc3)ccc2-c2ccc3oc4ccccc4c3c21. The number of fused-ring (bicyclic) bond motifs is 10. The van der Waals surface area contributed by atoms with Crippen molar-refractivity contribution >= 4 is 54.3 Å². The minimum atomic E-state index is -0.169. The first kappa shape index (κ1) is 29.3. The molecule has 1 heterocycles. The molecule has 0 bridgehead atoms. The van der Waals surface area contributed by atoms with Gasteiger partial charge in [-0.15, -0.1) is 0 Å². The number of hydrogen-bond acceptors (Lipinski definition) is 1. The number of para-hydroxylation sites is 1. The van der Waals surface area contributed by atoms with Crippen LogP contribution in [0.2, 0.25) is 0 Å². The van der Waals surface area contributed by atoms with Crippen LogP contribution in [0.4, 0.5) is 0 Å². The summed E-state index contributed by atoms with van der Waals surface area (Å²) in [5.74, 6) is 0. The lowest BCUT2D eigenvalue weighted by molar-refractivity contribution is 0.657. The average Bonchev–Trinajstić information content (AvgIpc) is 3.68. The Hall–Kier alpha value is -6.44. The highest BCUT2D eigenvalue weighted by Gasteiger charge is 2.38. The molecule has 52 heavy (non-hydrogen) atoms. The second-order valence-corrected chi connectivity index (χ2v) is 14.8. The molecule has 0 N–H and O–H groups in total. The third-order valence-corrected chi connectivity index (χ3v) is 11.6. The van der Waals surface area contributed by atoms with E-state index in [1.54, 1.807) is 0 Å². The number of benzene rings is 9. The van der Waals surface area contributed by atoms with Crippen molar-refractivity contribution in [2.75, 3.05) is 0 Å². The molecule has 1 aliphatic rings. The van der Waals surface area contributed by atoms with Crippen molar-refractivity contribution in [2.45, 2.75) is 19.3 Å². The summed E-state index contributed by atoms with van der Waals surface area (Å²) in [6, 6.07) is 62.4. The van der Waals surface area contributed by atoms with E-state index in [4.69, 9.17) is 4.42 Å². The molecule has 0 radical (unpaired) electrons. The molecule has 0 spiro atoms. The van der Waals surface area contributed by atoms with Gasteiger partial charge < -0.3 is 4.42 Å². The van der Waals surface area contributed by atoms with E-state index >= 15 is 0 Å². The average molecular weight is 663 g/mol. The molecular formula is C51H34O. The van der Waals surface area contributed by atoms with E-state index in [2.05, 4.69) is 184 Å². The first-order valence-corrected chi connectivity index (χ1v) is 18.2. The van der Waals surface area contributed by atoms with Gasteiger partial charge in [0.15, 0.2) is 0 Å². The van der Waals surface area contributed by atoms with E-state index in [9.17, 15) is 0 Å². The van der Waals surface area contributed by atoms with Gasteiger partial charge >= 0.3 is 0 Å². The van der Waals surface area contributed by atoms with Gasteiger partial charge in [0.25, 0.3) is 0 Å². The lowest BCUT2D eigenvalue weighted by Gasteiger charge is -2.23. The third kappa shape index (κ3) is 4.11. The van der Waals surface area contributed by atoms with Gasteiger partial charge in [0, 0.05) is 16.2 Å². The van der Waals surface area contributed by atoms with Crippen molar-refractivity contribution in [3.63, 3.8) is 0 Å². The zero-order valence-corrected chi connectivity index (χ0v) is 29.1. The van der Waals surface area contributed by atoms with Gasteiger partial charge in [0.05, 0.1) is 0 Å². The molecule has 0 unspecified atom stereocenters. The van der Waals surface area contributed by atoms with Crippen molar-refractivity contribution < 1.29 is 4.42 Å². The molecule has 0 fully saturated rings. The quantitative estimate of drug-likeness (QED) is 0.172. The van der Waals surface area contributed by atoms with Gasteiger partial charge in [-0.3, -0.25) is 0 Å². The molecule has 0 saturated carbocycles. The van der Waals surface area contributed by atoms with Crippen molar-refractivity contribution in [2.24, 2.45) is 0 Å². The smallest absolute Gasteiger partial charge is 0.135 e. The van der Waals surface area contributed by atoms with Gasteiger partial charge in [-0.05, 0) is 112 Å². The molecule has 244 valence electrons. The molecule has 1 nitrogen and oxygen atoms in total. The number of hydrogen-bond donors (Lipinski definition) is 0. The summed E-state index contributed by atoms with van der Waals surface area (Å²) in [4.78, 5) is 0. The fourth-order valence-electron chi connectivity index (χ4n) is 9.23. The largest absolute Gasteiger partial charge is 0.456 e. The van der Waals surface area contributed by atoms with Crippen LogP contribution in [-0.2, 0) is 5.41 Å². The van der Waals surface area contributed by atoms with E-state index in [0.29, 0.717) is 0 Å². The Labute approximate surface area is 302 Å². The molecule has 10 aromatic rings. The molecule has 9 aromatic carbocycles. The highest BCUT2D eigenvalue weighted by Crippen LogP contribution is 2.54. The van der Waals surface area contributed by atoms with Crippen LogP contribution in [0.1, 0.15) is 25.0 Å². The molecule has 1 aromatic heterocycles. The lowest BCUT2D eigenvalue weighted by atomic mass is 9.79. The molecule has 0 saturated heterocycles. The molecule has 0 amide bonds. The Morgan fingerprint density at radius 3 is 1.63 bits per heavy atom. The number of rotatable bonds is 3. The minimum absolute atomic E-state index is 0.169. The van der Waals surface area contributed by atoms with Crippen LogP contribution in [0.5, 0.6) is 0 Å². The van der Waals surface area contributed by atoms with Gasteiger partial charge in [0.1, 0.15) is 11.2 Å². The van der Waals surface area contributed by atoms with Crippen LogP contribution >= 0.6 is 0 Å². The molecule has 1 aliphatic carbocycles. The Kier molecular flexibility index (Phi) is 6.08. The van der Waals surface area contributed by atoms with Crippen LogP contribution in [0.3, 0.4) is 0 Å². The monoisotopic (exact) mass is 662 g/mol. The highest BCUT2D eigenvalue weighted by atomic mass is 16.3. The summed E-state index contributed by atoms with van der Waals surface area (Å²) in [6.07, 6.45) is 0. The molecule has 1 heteroatoms. The van der Waals surface area contributed by atoms with E-state index < -0.39 is 0 Å². The van der Waals surface area contributed by atoms with E-state index in [-0.39, 0.29) is 5.41 Å². The molecule has 0 aliphatic heterocycles. The Morgan fingerprint density at radius 2 is 0.923 bits per heavy atom. The zero-order chi connectivity index (χ0) is 34.6. The fraction of sp³-hybridized carbons (Fsp3) is 0.0588. The maximum atomic E-state index is 6.31. The van der Waals surface area contributed by atoms with Gasteiger partial charge in [-0.25, -0.2) is 0 Å². The van der Waals surface area contributed by atoms with Crippen molar-refractivity contribution in [3.05, 3.63) is 181 Å². The van der Waals surface area contributed by atoms with E-state index in [1.165, 1.54) is 98.7 Å². The van der Waals surface area contributed by atoms with Crippen LogP contribution in [-0.4, -0.2) is 0 Å². The molecular weight excluding hydrogens is 629 g/mol. The fourth-order valence-corrected chi connectivity index (χ4v) is 9.23. The van der Waals surface area contributed by atoms with Gasteiger partial charge in [-0.2, -0.15) is 0 Å². The zero-order valence-electron chi connectivity index (χ0n) is 29.1. The van der Waals surface area contributed by atoms with Crippen molar-refractivity contribution in [1.82, 2.24) is 0 Å². The van der Waals surface area contributed by atoms with Crippen molar-refractivity contribution in [3.8, 4) is 44.5 Å². The topological polar surface area (TPSA) is 13.1 Å². The van der Waals surface area contributed by atoms with Crippen LogP contribution in [0.15, 0.2) is 174 Å². The van der Waals surface area contributed by atoms with E-state index in [1.807, 2.05) is 0 Å². The predicted molar refractivity (Wildman–Crippen MR) is 220 cm³/mol.